The molecule has 0 amide bonds. The van der Waals surface area contributed by atoms with Gasteiger partial charge in [-0.2, -0.15) is 0 Å². The average Bonchev–Trinajstić information content (AvgIpc) is 3.35. The van der Waals surface area contributed by atoms with Gasteiger partial charge < -0.3 is 22.3 Å². The fraction of sp³-hybridized carbons (Fsp3) is 0.143. The minimum atomic E-state index is 0.0413. The molecular weight excluding hydrogens is 560 g/mol. The largest absolute Gasteiger partial charge is 0.333 e. The molecule has 0 radical (unpaired) electrons. The maximum atomic E-state index is 5.54. The van der Waals surface area contributed by atoms with E-state index < -0.39 is 0 Å². The second kappa shape index (κ2) is 14.7. The molecule has 4 heteroatoms. The zero-order chi connectivity index (χ0) is 32.5. The molecule has 2 aliphatic rings. The molecule has 0 saturated carbocycles. The van der Waals surface area contributed by atoms with Gasteiger partial charge in [-0.05, 0) is 71.1 Å². The van der Waals surface area contributed by atoms with Crippen molar-refractivity contribution >= 4 is 11.4 Å². The molecule has 0 atom stereocenters. The van der Waals surface area contributed by atoms with Crippen LogP contribution in [0.4, 0.5) is 11.4 Å². The molecule has 0 bridgehead atoms. The van der Waals surface area contributed by atoms with Gasteiger partial charge in [-0.1, -0.05) is 147 Å². The van der Waals surface area contributed by atoms with Crippen molar-refractivity contribution in [2.24, 2.45) is 11.5 Å². The lowest BCUT2D eigenvalue weighted by atomic mass is 9.81. The van der Waals surface area contributed by atoms with Crippen LogP contribution >= 0.6 is 0 Å². The van der Waals surface area contributed by atoms with Gasteiger partial charge >= 0.3 is 0 Å². The van der Waals surface area contributed by atoms with Gasteiger partial charge in [-0.3, -0.25) is 0 Å². The molecule has 0 aromatic heterocycles. The average molecular weight is 605 g/mol. The van der Waals surface area contributed by atoms with E-state index in [0.29, 0.717) is 6.54 Å². The van der Waals surface area contributed by atoms with Crippen LogP contribution in [0.2, 0.25) is 0 Å². The maximum Gasteiger partial charge on any atom is 0.0622 e. The third-order valence-electron chi connectivity index (χ3n) is 8.51. The topological polar surface area (TPSA) is 76.1 Å². The molecule has 0 fully saturated rings. The van der Waals surface area contributed by atoms with Crippen molar-refractivity contribution in [3.05, 3.63) is 168 Å². The lowest BCUT2D eigenvalue weighted by molar-refractivity contribution is 0.660. The summed E-state index contributed by atoms with van der Waals surface area (Å²) in [5.41, 5.74) is 32.1. The molecule has 46 heavy (non-hydrogen) atoms. The van der Waals surface area contributed by atoms with Crippen LogP contribution in [0.3, 0.4) is 0 Å². The number of para-hydroxylation sites is 1. The van der Waals surface area contributed by atoms with E-state index >= 15 is 0 Å². The van der Waals surface area contributed by atoms with Crippen LogP contribution in [-0.4, -0.2) is 7.05 Å². The first-order valence-corrected chi connectivity index (χ1v) is 15.8. The maximum absolute atomic E-state index is 5.54. The van der Waals surface area contributed by atoms with Crippen molar-refractivity contribution in [2.75, 3.05) is 17.9 Å². The standard InChI is InChI=1S/C21H18N2.C13H13N.C7H8.CH5N/c1-21(2)17-9-5-3-7-13(17)15-11-16-14-8-4-6-10-19(14)22-23-20(16)12-18(15)21;14-10-11-6-8-13(9-7-11)12-4-2-1-3-5-12;1-7-5-3-2-4-6-7;1-2/h3-12,22-23H,1-2H3;1-9H,10,14H2;2-6H,1H3;2H2,1H3. The summed E-state index contributed by atoms with van der Waals surface area (Å²) in [5, 5.41) is 0. The van der Waals surface area contributed by atoms with Gasteiger partial charge in [0.15, 0.2) is 0 Å². The molecule has 8 rings (SSSR count). The molecule has 4 nitrogen and oxygen atoms in total. The second-order valence-corrected chi connectivity index (χ2v) is 11.8. The molecule has 0 saturated heterocycles. The summed E-state index contributed by atoms with van der Waals surface area (Å²) in [6.45, 7) is 7.32. The number of benzene rings is 6. The first-order valence-electron chi connectivity index (χ1n) is 15.8. The Bertz CT molecular complexity index is 1860. The summed E-state index contributed by atoms with van der Waals surface area (Å²) in [6.07, 6.45) is 0. The molecule has 0 unspecified atom stereocenters. The Morgan fingerprint density at radius 2 is 1.04 bits per heavy atom. The zero-order valence-electron chi connectivity index (χ0n) is 27.2. The zero-order valence-corrected chi connectivity index (χ0v) is 27.2. The van der Waals surface area contributed by atoms with E-state index in [-0.39, 0.29) is 5.41 Å². The van der Waals surface area contributed by atoms with Crippen LogP contribution in [0.5, 0.6) is 0 Å². The van der Waals surface area contributed by atoms with Gasteiger partial charge in [0.2, 0.25) is 0 Å². The highest BCUT2D eigenvalue weighted by molar-refractivity contribution is 5.96. The van der Waals surface area contributed by atoms with E-state index in [4.69, 9.17) is 5.73 Å². The Morgan fingerprint density at radius 3 is 1.67 bits per heavy atom. The molecule has 1 aliphatic heterocycles. The third-order valence-corrected chi connectivity index (χ3v) is 8.51. The lowest BCUT2D eigenvalue weighted by Gasteiger charge is -2.26. The Balaban J connectivity index is 0.000000154. The van der Waals surface area contributed by atoms with Gasteiger partial charge in [-0.15, -0.1) is 0 Å². The summed E-state index contributed by atoms with van der Waals surface area (Å²) in [4.78, 5) is 0. The van der Waals surface area contributed by atoms with Crippen LogP contribution in [0, 0.1) is 6.92 Å². The number of nitrogens with one attached hydrogen (secondary N) is 2. The second-order valence-electron chi connectivity index (χ2n) is 11.8. The smallest absolute Gasteiger partial charge is 0.0622 e. The number of hydrazine groups is 1. The van der Waals surface area contributed by atoms with Crippen LogP contribution in [0.15, 0.2) is 146 Å². The summed E-state index contributed by atoms with van der Waals surface area (Å²) >= 11 is 0. The molecule has 0 spiro atoms. The quantitative estimate of drug-likeness (QED) is 0.159. The van der Waals surface area contributed by atoms with Crippen LogP contribution in [0.25, 0.3) is 33.4 Å². The summed E-state index contributed by atoms with van der Waals surface area (Å²) in [7, 11) is 1.50. The lowest BCUT2D eigenvalue weighted by Crippen LogP contribution is -2.18. The number of fused-ring (bicyclic) bond motifs is 6. The molecular formula is C42H44N4. The molecule has 1 aliphatic carbocycles. The van der Waals surface area contributed by atoms with Crippen LogP contribution in [-0.2, 0) is 12.0 Å². The third kappa shape index (κ3) is 6.89. The Labute approximate surface area is 274 Å². The highest BCUT2D eigenvalue weighted by atomic mass is 15.4. The van der Waals surface area contributed by atoms with Crippen molar-refractivity contribution < 1.29 is 0 Å². The number of anilines is 2. The number of aryl methyl sites for hydroxylation is 1. The Hall–Kier alpha value is -5.16. The van der Waals surface area contributed by atoms with Gasteiger partial charge in [0.1, 0.15) is 0 Å². The summed E-state index contributed by atoms with van der Waals surface area (Å²) < 4.78 is 0. The van der Waals surface area contributed by atoms with E-state index in [0.717, 1.165) is 11.4 Å². The van der Waals surface area contributed by atoms with Crippen LogP contribution in [0.1, 0.15) is 36.1 Å². The minimum Gasteiger partial charge on any atom is -0.333 e. The van der Waals surface area contributed by atoms with Gasteiger partial charge in [-0.25, -0.2) is 0 Å². The van der Waals surface area contributed by atoms with Crippen LogP contribution < -0.4 is 22.3 Å². The number of hydrogen-bond acceptors (Lipinski definition) is 4. The predicted molar refractivity (Wildman–Crippen MR) is 198 cm³/mol. The molecule has 6 aromatic carbocycles. The van der Waals surface area contributed by atoms with Crippen molar-refractivity contribution in [1.29, 1.82) is 0 Å². The van der Waals surface area contributed by atoms with Gasteiger partial charge in [0, 0.05) is 23.1 Å². The Morgan fingerprint density at radius 1 is 0.500 bits per heavy atom. The van der Waals surface area contributed by atoms with E-state index in [2.05, 4.69) is 147 Å². The number of hydrogen-bond donors (Lipinski definition) is 4. The van der Waals surface area contributed by atoms with E-state index in [9.17, 15) is 0 Å². The van der Waals surface area contributed by atoms with Crippen molar-refractivity contribution in [1.82, 2.24) is 0 Å². The molecule has 6 N–H and O–H groups in total. The van der Waals surface area contributed by atoms with Gasteiger partial charge in [0.25, 0.3) is 0 Å². The first-order chi connectivity index (χ1) is 22.5. The SMILES string of the molecule is CC1(C)c2ccccc2-c2cc3c(cc21)NNc1ccccc1-3.CN.Cc1ccccc1.NCc1ccc(-c2ccccc2)cc1. The molecule has 232 valence electrons. The van der Waals surface area contributed by atoms with Crippen molar-refractivity contribution in [2.45, 2.75) is 32.7 Å². The first kappa shape index (κ1) is 32.2. The normalized spacial score (nSPS) is 12.3. The predicted octanol–water partition coefficient (Wildman–Crippen LogP) is 9.79. The molecule has 6 aromatic rings. The van der Waals surface area contributed by atoms with E-state index in [1.807, 2.05) is 36.4 Å². The van der Waals surface area contributed by atoms with Crippen molar-refractivity contribution in [3.63, 3.8) is 0 Å². The van der Waals surface area contributed by atoms with E-state index in [1.165, 1.54) is 62.7 Å². The molecule has 1 heterocycles. The number of rotatable bonds is 2. The highest BCUT2D eigenvalue weighted by Gasteiger charge is 2.36. The van der Waals surface area contributed by atoms with E-state index in [1.54, 1.807) is 0 Å². The Kier molecular flexibility index (Phi) is 10.3. The monoisotopic (exact) mass is 604 g/mol. The minimum absolute atomic E-state index is 0.0413. The fourth-order valence-electron chi connectivity index (χ4n) is 6.03. The summed E-state index contributed by atoms with van der Waals surface area (Å²) in [5.74, 6) is 0. The summed E-state index contributed by atoms with van der Waals surface area (Å²) in [6, 6.07) is 50.9. The number of nitrogens with two attached hydrogens (primary N) is 2. The fourth-order valence-corrected chi connectivity index (χ4v) is 6.03. The van der Waals surface area contributed by atoms with Gasteiger partial charge in [0.05, 0.1) is 11.4 Å². The van der Waals surface area contributed by atoms with Crippen molar-refractivity contribution in [3.8, 4) is 33.4 Å². The highest BCUT2D eigenvalue weighted by Crippen LogP contribution is 2.52.